The molecule has 0 saturated carbocycles. The van der Waals surface area contributed by atoms with Gasteiger partial charge in [-0.05, 0) is 37.6 Å². The Kier molecular flexibility index (Phi) is 7.77. The lowest BCUT2D eigenvalue weighted by Gasteiger charge is -2.07. The smallest absolute Gasteiger partial charge is 0.252 e. The number of phenolic OH excluding ortho intramolecular Hbond substituents is 1. The second kappa shape index (κ2) is 10.5. The predicted octanol–water partition coefficient (Wildman–Crippen LogP) is 2.23. The molecule has 8 heteroatoms. The monoisotopic (exact) mass is 370 g/mol. The molecule has 0 aliphatic heterocycles. The summed E-state index contributed by atoms with van der Waals surface area (Å²) in [7, 11) is 0. The van der Waals surface area contributed by atoms with Crippen molar-refractivity contribution in [3.8, 4) is 11.5 Å². The highest BCUT2D eigenvalue weighted by atomic mass is 16.5. The summed E-state index contributed by atoms with van der Waals surface area (Å²) in [6.07, 6.45) is 4.84. The molecule has 142 valence electrons. The Morgan fingerprint density at radius 2 is 2.15 bits per heavy atom. The molecule has 0 fully saturated rings. The molecule has 1 aromatic carbocycles. The normalized spacial score (nSPS) is 11.1. The van der Waals surface area contributed by atoms with E-state index < -0.39 is 0 Å². The summed E-state index contributed by atoms with van der Waals surface area (Å²) >= 11 is 0. The molecule has 3 N–H and O–H groups in total. The minimum absolute atomic E-state index is 0.0681. The van der Waals surface area contributed by atoms with Gasteiger partial charge in [0.2, 0.25) is 0 Å². The van der Waals surface area contributed by atoms with Crippen LogP contribution in [0.25, 0.3) is 0 Å². The Morgan fingerprint density at radius 1 is 1.30 bits per heavy atom. The van der Waals surface area contributed by atoms with Crippen molar-refractivity contribution < 1.29 is 19.8 Å². The van der Waals surface area contributed by atoms with Crippen LogP contribution in [-0.4, -0.2) is 53.3 Å². The van der Waals surface area contributed by atoms with Gasteiger partial charge in [-0.2, -0.15) is 0 Å². The van der Waals surface area contributed by atoms with Crippen molar-refractivity contribution in [2.24, 2.45) is 10.1 Å². The largest absolute Gasteiger partial charge is 0.504 e. The van der Waals surface area contributed by atoms with E-state index in [1.807, 2.05) is 6.92 Å². The third-order valence-corrected chi connectivity index (χ3v) is 3.55. The first-order valence-electron chi connectivity index (χ1n) is 8.52. The lowest BCUT2D eigenvalue weighted by atomic mass is 10.2. The van der Waals surface area contributed by atoms with Crippen LogP contribution in [0.3, 0.4) is 0 Å². The summed E-state index contributed by atoms with van der Waals surface area (Å²) < 4.78 is 5.33. The van der Waals surface area contributed by atoms with Crippen LogP contribution in [0.5, 0.6) is 11.5 Å². The molecule has 0 saturated heterocycles. The molecular formula is C19H22N4O4. The second-order valence-electron chi connectivity index (χ2n) is 5.49. The first-order valence-corrected chi connectivity index (χ1v) is 8.52. The van der Waals surface area contributed by atoms with Crippen LogP contribution in [0.15, 0.2) is 46.7 Å². The molecule has 1 amide bonds. The number of hydrogen-bond acceptors (Lipinski definition) is 7. The number of ether oxygens (including phenoxy) is 1. The number of benzene rings is 1. The number of carbonyl (C=O) groups excluding carboxylic acids is 1. The maximum absolute atomic E-state index is 12.0. The maximum atomic E-state index is 12.0. The van der Waals surface area contributed by atoms with E-state index in [0.717, 1.165) is 0 Å². The van der Waals surface area contributed by atoms with Gasteiger partial charge in [-0.15, -0.1) is 0 Å². The summed E-state index contributed by atoms with van der Waals surface area (Å²) in [6, 6.07) is 8.43. The molecule has 0 bridgehead atoms. The molecule has 0 spiro atoms. The standard InChI is InChI=1S/C19H22N4O4/c1-2-27-17-6-3-5-14(18(17)24)11-20-9-4-10-21-19(25)15-7-8-16(13-23-26)22-12-15/h3,5-8,11-13,24,26H,2,4,9-10H2,1H3,(H,21,25)/b20-11?,23-13+. The Morgan fingerprint density at radius 3 is 2.85 bits per heavy atom. The molecule has 0 unspecified atom stereocenters. The summed E-state index contributed by atoms with van der Waals surface area (Å²) in [6.45, 7) is 3.28. The molecule has 0 atom stereocenters. The highest BCUT2D eigenvalue weighted by molar-refractivity contribution is 5.94. The van der Waals surface area contributed by atoms with Gasteiger partial charge in [-0.3, -0.25) is 14.8 Å². The molecular weight excluding hydrogens is 348 g/mol. The first kappa shape index (κ1) is 19.9. The van der Waals surface area contributed by atoms with Gasteiger partial charge >= 0.3 is 0 Å². The van der Waals surface area contributed by atoms with Crippen LogP contribution in [-0.2, 0) is 0 Å². The number of amides is 1. The van der Waals surface area contributed by atoms with Gasteiger partial charge in [-0.1, -0.05) is 11.2 Å². The fraction of sp³-hybridized carbons (Fsp3) is 0.263. The number of nitrogens with one attached hydrogen (secondary N) is 1. The van der Waals surface area contributed by atoms with E-state index in [0.29, 0.717) is 48.7 Å². The van der Waals surface area contributed by atoms with Crippen LogP contribution in [0.4, 0.5) is 0 Å². The van der Waals surface area contributed by atoms with Crippen LogP contribution in [0.1, 0.15) is 35.0 Å². The van der Waals surface area contributed by atoms with Crippen molar-refractivity contribution in [1.82, 2.24) is 10.3 Å². The minimum Gasteiger partial charge on any atom is -0.504 e. The van der Waals surface area contributed by atoms with Crippen LogP contribution in [0.2, 0.25) is 0 Å². The van der Waals surface area contributed by atoms with E-state index >= 15 is 0 Å². The first-order chi connectivity index (χ1) is 13.2. The quantitative estimate of drug-likeness (QED) is 0.271. The average molecular weight is 370 g/mol. The Labute approximate surface area is 157 Å². The van der Waals surface area contributed by atoms with Crippen LogP contribution < -0.4 is 10.1 Å². The molecule has 27 heavy (non-hydrogen) atoms. The lowest BCUT2D eigenvalue weighted by Crippen LogP contribution is -2.25. The third-order valence-electron chi connectivity index (χ3n) is 3.55. The van der Waals surface area contributed by atoms with Crippen molar-refractivity contribution in [2.75, 3.05) is 19.7 Å². The lowest BCUT2D eigenvalue weighted by molar-refractivity contribution is 0.0953. The van der Waals surface area contributed by atoms with Crippen molar-refractivity contribution in [3.63, 3.8) is 0 Å². The molecule has 1 heterocycles. The summed E-state index contributed by atoms with van der Waals surface area (Å²) in [5, 5.41) is 24.2. The Balaban J connectivity index is 1.76. The zero-order valence-corrected chi connectivity index (χ0v) is 15.0. The van der Waals surface area contributed by atoms with E-state index in [9.17, 15) is 9.90 Å². The van der Waals surface area contributed by atoms with E-state index in [4.69, 9.17) is 9.94 Å². The van der Waals surface area contributed by atoms with Gasteiger partial charge < -0.3 is 20.4 Å². The van der Waals surface area contributed by atoms with Crippen molar-refractivity contribution in [2.45, 2.75) is 13.3 Å². The number of nitrogens with zero attached hydrogens (tertiary/aromatic N) is 3. The fourth-order valence-electron chi connectivity index (χ4n) is 2.23. The van der Waals surface area contributed by atoms with E-state index in [1.165, 1.54) is 12.4 Å². The fourth-order valence-corrected chi connectivity index (χ4v) is 2.23. The number of hydrogen-bond donors (Lipinski definition) is 3. The Hall–Kier alpha value is -3.42. The molecule has 2 rings (SSSR count). The van der Waals surface area contributed by atoms with Gasteiger partial charge in [0.1, 0.15) is 0 Å². The molecule has 2 aromatic rings. The Bertz CT molecular complexity index is 804. The van der Waals surface area contributed by atoms with Crippen LogP contribution >= 0.6 is 0 Å². The number of carbonyl (C=O) groups is 1. The van der Waals surface area contributed by atoms with Gasteiger partial charge in [0, 0.05) is 31.1 Å². The summed E-state index contributed by atoms with van der Waals surface area (Å²) in [5.41, 5.74) is 1.47. The topological polar surface area (TPSA) is 116 Å². The average Bonchev–Trinajstić information content (AvgIpc) is 2.68. The minimum atomic E-state index is -0.235. The number of aliphatic imine (C=N–C) groups is 1. The van der Waals surface area contributed by atoms with E-state index in [2.05, 4.69) is 20.4 Å². The molecule has 0 radical (unpaired) electrons. The number of pyridine rings is 1. The predicted molar refractivity (Wildman–Crippen MR) is 102 cm³/mol. The van der Waals surface area contributed by atoms with Crippen LogP contribution in [0, 0.1) is 0 Å². The molecule has 0 aliphatic rings. The maximum Gasteiger partial charge on any atom is 0.252 e. The zero-order valence-electron chi connectivity index (χ0n) is 15.0. The number of phenols is 1. The number of rotatable bonds is 9. The zero-order chi connectivity index (χ0) is 19.5. The number of para-hydroxylation sites is 1. The molecule has 8 nitrogen and oxygen atoms in total. The highest BCUT2D eigenvalue weighted by Gasteiger charge is 2.06. The van der Waals surface area contributed by atoms with Crippen molar-refractivity contribution >= 4 is 18.3 Å². The summed E-state index contributed by atoms with van der Waals surface area (Å²) in [4.78, 5) is 20.2. The van der Waals surface area contributed by atoms with E-state index in [1.54, 1.807) is 36.5 Å². The van der Waals surface area contributed by atoms with Crippen molar-refractivity contribution in [1.29, 1.82) is 0 Å². The second-order valence-corrected chi connectivity index (χ2v) is 5.49. The van der Waals surface area contributed by atoms with Gasteiger partial charge in [-0.25, -0.2) is 0 Å². The highest BCUT2D eigenvalue weighted by Crippen LogP contribution is 2.28. The van der Waals surface area contributed by atoms with Gasteiger partial charge in [0.15, 0.2) is 11.5 Å². The summed E-state index contributed by atoms with van der Waals surface area (Å²) in [5.74, 6) is 0.262. The number of aromatic hydroxyl groups is 1. The van der Waals surface area contributed by atoms with E-state index in [-0.39, 0.29) is 11.7 Å². The number of aromatic nitrogens is 1. The SMILES string of the molecule is CCOc1cccc(C=NCCCNC(=O)c2ccc(/C=N/O)nc2)c1O. The van der Waals surface area contributed by atoms with Gasteiger partial charge in [0.25, 0.3) is 5.91 Å². The van der Waals surface area contributed by atoms with Crippen molar-refractivity contribution in [3.05, 3.63) is 53.3 Å². The molecule has 1 aromatic heterocycles. The molecule has 0 aliphatic carbocycles. The van der Waals surface area contributed by atoms with Gasteiger partial charge in [0.05, 0.1) is 24.1 Å². The third kappa shape index (κ3) is 6.10. The number of oxime groups is 1.